The minimum absolute atomic E-state index is 0.112. The molecular formula is C24H49NO3SSi4. The zero-order valence-electron chi connectivity index (χ0n) is 23.2. The molecule has 0 aromatic heterocycles. The van der Waals surface area contributed by atoms with Crippen molar-refractivity contribution in [3.05, 3.63) is 35.9 Å². The van der Waals surface area contributed by atoms with Gasteiger partial charge in [0.2, 0.25) is 0 Å². The summed E-state index contributed by atoms with van der Waals surface area (Å²) in [6.45, 7) is 28.6. The monoisotopic (exact) mass is 543 g/mol. The Labute approximate surface area is 211 Å². The average molecular weight is 544 g/mol. The highest BCUT2D eigenvalue weighted by molar-refractivity contribution is 8.50. The lowest BCUT2D eigenvalue weighted by atomic mass is 10.0. The molecule has 0 aliphatic rings. The van der Waals surface area contributed by atoms with Crippen LogP contribution in [0.2, 0.25) is 58.9 Å². The third-order valence-electron chi connectivity index (χ3n) is 6.63. The van der Waals surface area contributed by atoms with Crippen molar-refractivity contribution in [3.8, 4) is 0 Å². The zero-order chi connectivity index (χ0) is 25.7. The normalized spacial score (nSPS) is 15.2. The van der Waals surface area contributed by atoms with Gasteiger partial charge in [0.25, 0.3) is 0 Å². The molecule has 1 aromatic carbocycles. The van der Waals surface area contributed by atoms with E-state index >= 15 is 0 Å². The summed E-state index contributed by atoms with van der Waals surface area (Å²) in [7, 11) is -2.37. The van der Waals surface area contributed by atoms with Crippen LogP contribution in [0.1, 0.15) is 25.5 Å². The van der Waals surface area contributed by atoms with Gasteiger partial charge >= 0.3 is 6.09 Å². The third-order valence-corrected chi connectivity index (χ3v) is 95.6. The van der Waals surface area contributed by atoms with Crippen LogP contribution >= 0.6 is 11.2 Å². The summed E-state index contributed by atoms with van der Waals surface area (Å²) < 4.78 is 11.4. The highest BCUT2D eigenvalue weighted by atomic mass is 32.4. The summed E-state index contributed by atoms with van der Waals surface area (Å²) in [6.07, 6.45) is -0.418. The molecule has 1 aromatic rings. The van der Waals surface area contributed by atoms with E-state index < -0.39 is 28.6 Å². The Bertz CT molecular complexity index is 709. The molecule has 0 radical (unpaired) electrons. The van der Waals surface area contributed by atoms with Gasteiger partial charge in [0.1, 0.15) is 6.10 Å². The fourth-order valence-corrected chi connectivity index (χ4v) is 116. The Balaban J connectivity index is 3.25. The molecule has 0 bridgehead atoms. The minimum atomic E-state index is -1.53. The van der Waals surface area contributed by atoms with E-state index in [1.54, 1.807) is 7.11 Å². The van der Waals surface area contributed by atoms with Crippen LogP contribution in [-0.2, 0) is 9.47 Å². The number of hydrogen-bond donors (Lipinski definition) is 0. The van der Waals surface area contributed by atoms with Gasteiger partial charge in [-0.2, -0.15) is 11.2 Å². The molecule has 0 aliphatic carbocycles. The van der Waals surface area contributed by atoms with Crippen LogP contribution in [0.3, 0.4) is 0 Å². The van der Waals surface area contributed by atoms with Crippen molar-refractivity contribution < 1.29 is 14.3 Å². The zero-order valence-corrected chi connectivity index (χ0v) is 28.1. The number of nitrogens with zero attached hydrogens (tertiary/aromatic N) is 1. The molecule has 0 N–H and O–H groups in total. The lowest BCUT2D eigenvalue weighted by Gasteiger charge is -2.56. The van der Waals surface area contributed by atoms with Gasteiger partial charge in [-0.05, 0) is 19.4 Å². The van der Waals surface area contributed by atoms with E-state index in [2.05, 4.69) is 89.2 Å². The van der Waals surface area contributed by atoms with Crippen LogP contribution in [-0.4, -0.2) is 71.6 Å². The summed E-state index contributed by atoms with van der Waals surface area (Å²) in [5.41, 5.74) is 1.09. The van der Waals surface area contributed by atoms with E-state index in [9.17, 15) is 4.79 Å². The van der Waals surface area contributed by atoms with Crippen molar-refractivity contribution in [1.29, 1.82) is 0 Å². The second-order valence-electron chi connectivity index (χ2n) is 12.0. The second-order valence-corrected chi connectivity index (χ2v) is 58.3. The van der Waals surface area contributed by atoms with Gasteiger partial charge in [0.15, 0.2) is 0 Å². The van der Waals surface area contributed by atoms with E-state index in [1.807, 2.05) is 30.0 Å². The largest absolute Gasteiger partial charge is 0.450 e. The number of carbonyl (C=O) groups excluding carboxylic acids is 1. The van der Waals surface area contributed by atoms with Crippen molar-refractivity contribution in [2.75, 3.05) is 26.0 Å². The van der Waals surface area contributed by atoms with E-state index in [-0.39, 0.29) is 18.2 Å². The first-order valence-electron chi connectivity index (χ1n) is 12.2. The summed E-state index contributed by atoms with van der Waals surface area (Å²) in [5.74, 6) is -0.546. The van der Waals surface area contributed by atoms with Crippen LogP contribution in [0.25, 0.3) is 0 Å². The van der Waals surface area contributed by atoms with Crippen molar-refractivity contribution in [3.63, 3.8) is 0 Å². The van der Waals surface area contributed by atoms with Gasteiger partial charge < -0.3 is 14.4 Å². The molecule has 0 fully saturated rings. The van der Waals surface area contributed by atoms with E-state index in [0.717, 1.165) is 11.3 Å². The summed E-state index contributed by atoms with van der Waals surface area (Å²) in [5, 5.41) is 0. The van der Waals surface area contributed by atoms with Gasteiger partial charge in [0.05, 0.1) is 18.4 Å². The molecule has 9 heteroatoms. The maximum absolute atomic E-state index is 13.1. The van der Waals surface area contributed by atoms with Gasteiger partial charge in [-0.1, -0.05) is 89.3 Å². The SMILES string of the molecule is CCOC(=O)N(CCS[Si]([Si](C)(C)C)([Si](C)(C)C)[Si](C)(C)C)[C@H](C)[C@@H](OC)c1ccccc1. The van der Waals surface area contributed by atoms with E-state index in [1.165, 1.54) is 0 Å². The quantitative estimate of drug-likeness (QED) is 0.262. The molecule has 190 valence electrons. The molecule has 1 rings (SSSR count). The number of rotatable bonds is 12. The number of amides is 1. The fraction of sp³-hybridized carbons (Fsp3) is 0.708. The fourth-order valence-electron chi connectivity index (χ4n) is 6.41. The predicted molar refractivity (Wildman–Crippen MR) is 158 cm³/mol. The summed E-state index contributed by atoms with van der Waals surface area (Å²) in [4.78, 5) is 15.0. The Morgan fingerprint density at radius 1 is 0.939 bits per heavy atom. The third kappa shape index (κ3) is 7.10. The number of benzene rings is 1. The Morgan fingerprint density at radius 2 is 1.42 bits per heavy atom. The number of hydrogen-bond acceptors (Lipinski definition) is 4. The standard InChI is InChI=1S/C24H49NO3SSi4/c1-13-28-24(26)25(21(2)23(27-3)22-17-15-14-16-18-22)19-20-29-33(30(4,5)6,31(7,8)9)32(10,11)12/h14-18,21,23H,13,19-20H2,1-12H3/t21-,23-/m1/s1. The van der Waals surface area contributed by atoms with E-state index in [0.29, 0.717) is 13.2 Å². The highest BCUT2D eigenvalue weighted by Gasteiger charge is 2.62. The van der Waals surface area contributed by atoms with Gasteiger partial charge in [0, 0.05) is 42.2 Å². The maximum Gasteiger partial charge on any atom is 0.410 e. The van der Waals surface area contributed by atoms with Crippen LogP contribution in [0.4, 0.5) is 4.79 Å². The molecular weight excluding hydrogens is 495 g/mol. The van der Waals surface area contributed by atoms with Crippen molar-refractivity contribution >= 4 is 45.9 Å². The summed E-state index contributed by atoms with van der Waals surface area (Å²) in [6, 6.07) is 10.1. The van der Waals surface area contributed by atoms with Crippen molar-refractivity contribution in [1.82, 2.24) is 4.90 Å². The first kappa shape index (κ1) is 30.7. The van der Waals surface area contributed by atoms with Crippen LogP contribution < -0.4 is 0 Å². The maximum atomic E-state index is 13.1. The second kappa shape index (κ2) is 12.1. The van der Waals surface area contributed by atoms with Crippen LogP contribution in [0.15, 0.2) is 30.3 Å². The molecule has 0 unspecified atom stereocenters. The van der Waals surface area contributed by atoms with E-state index in [4.69, 9.17) is 9.47 Å². The Kier molecular flexibility index (Phi) is 11.2. The smallest absolute Gasteiger partial charge is 0.410 e. The molecule has 0 spiro atoms. The molecule has 33 heavy (non-hydrogen) atoms. The molecule has 0 heterocycles. The summed E-state index contributed by atoms with van der Waals surface area (Å²) >= 11 is 2.32. The molecule has 0 saturated carbocycles. The lowest BCUT2D eigenvalue weighted by molar-refractivity contribution is 0.0173. The average Bonchev–Trinajstić information content (AvgIpc) is 2.66. The molecule has 2 atom stereocenters. The highest BCUT2D eigenvalue weighted by Crippen LogP contribution is 2.44. The van der Waals surface area contributed by atoms with Crippen LogP contribution in [0.5, 0.6) is 0 Å². The molecule has 0 saturated heterocycles. The lowest BCUT2D eigenvalue weighted by Crippen LogP contribution is -2.81. The molecule has 1 amide bonds. The van der Waals surface area contributed by atoms with Crippen molar-refractivity contribution in [2.24, 2.45) is 0 Å². The predicted octanol–water partition coefficient (Wildman–Crippen LogP) is 7.15. The number of methoxy groups -OCH3 is 1. The van der Waals surface area contributed by atoms with Gasteiger partial charge in [-0.15, -0.1) is 0 Å². The number of carbonyl (C=O) groups is 1. The minimum Gasteiger partial charge on any atom is -0.450 e. The first-order chi connectivity index (χ1) is 15.0. The molecule has 4 nitrogen and oxygen atoms in total. The first-order valence-corrected chi connectivity index (χ1v) is 29.4. The topological polar surface area (TPSA) is 38.8 Å². The van der Waals surface area contributed by atoms with Crippen molar-refractivity contribution in [2.45, 2.75) is 84.9 Å². The van der Waals surface area contributed by atoms with Gasteiger partial charge in [-0.25, -0.2) is 4.79 Å². The Hall–Kier alpha value is -0.332. The Morgan fingerprint density at radius 3 is 1.82 bits per heavy atom. The molecule has 0 aliphatic heterocycles. The van der Waals surface area contributed by atoms with Crippen LogP contribution in [0, 0.1) is 0 Å². The number of ether oxygens (including phenoxy) is 2. The van der Waals surface area contributed by atoms with Gasteiger partial charge in [-0.3, -0.25) is 0 Å².